The van der Waals surface area contributed by atoms with E-state index in [9.17, 15) is 0 Å². The topological polar surface area (TPSA) is 42.2 Å². The van der Waals surface area contributed by atoms with Crippen LogP contribution in [-0.2, 0) is 0 Å². The average molecular weight is 262 g/mol. The second-order valence-corrected chi connectivity index (χ2v) is 4.52. The lowest BCUT2D eigenvalue weighted by Gasteiger charge is -2.23. The van der Waals surface area contributed by atoms with E-state index < -0.39 is 0 Å². The minimum atomic E-state index is 0.449. The first-order chi connectivity index (χ1) is 8.61. The molecule has 1 aromatic carbocycles. The fourth-order valence-electron chi connectivity index (χ4n) is 1.90. The van der Waals surface area contributed by atoms with Gasteiger partial charge in [-0.2, -0.15) is 0 Å². The van der Waals surface area contributed by atoms with Gasteiger partial charge in [0.2, 0.25) is 0 Å². The third-order valence-corrected chi connectivity index (χ3v) is 2.97. The third-order valence-electron chi connectivity index (χ3n) is 2.76. The number of rotatable bonds is 3. The fourth-order valence-corrected chi connectivity index (χ4v) is 2.05. The van der Waals surface area contributed by atoms with Crippen molar-refractivity contribution in [1.82, 2.24) is 4.98 Å². The molecule has 2 aromatic rings. The Balaban J connectivity index is 2.48. The molecule has 0 spiro atoms. The van der Waals surface area contributed by atoms with Crippen LogP contribution in [0, 0.1) is 6.92 Å². The molecule has 0 atom stereocenters. The first-order valence-corrected chi connectivity index (χ1v) is 6.26. The minimum Gasteiger partial charge on any atom is -0.396 e. The number of pyridine rings is 1. The summed E-state index contributed by atoms with van der Waals surface area (Å²) in [7, 11) is 0. The van der Waals surface area contributed by atoms with Crippen molar-refractivity contribution >= 4 is 28.8 Å². The van der Waals surface area contributed by atoms with Gasteiger partial charge in [-0.15, -0.1) is 0 Å². The summed E-state index contributed by atoms with van der Waals surface area (Å²) in [6.45, 7) is 4.90. The van der Waals surface area contributed by atoms with E-state index in [2.05, 4.69) is 31.0 Å². The highest BCUT2D eigenvalue weighted by molar-refractivity contribution is 6.29. The van der Waals surface area contributed by atoms with Gasteiger partial charge in [0.05, 0.1) is 5.69 Å². The highest BCUT2D eigenvalue weighted by Gasteiger charge is 2.12. The lowest BCUT2D eigenvalue weighted by molar-refractivity contribution is 0.991. The molecule has 0 amide bonds. The van der Waals surface area contributed by atoms with Crippen LogP contribution in [-0.4, -0.2) is 11.5 Å². The Morgan fingerprint density at radius 2 is 2.06 bits per heavy atom. The zero-order valence-corrected chi connectivity index (χ0v) is 11.3. The maximum absolute atomic E-state index is 5.98. The van der Waals surface area contributed by atoms with E-state index in [1.165, 1.54) is 5.56 Å². The molecule has 0 aliphatic rings. The van der Waals surface area contributed by atoms with Crippen LogP contribution in [0.25, 0.3) is 0 Å². The molecule has 0 fully saturated rings. The maximum atomic E-state index is 5.98. The number of nitrogen functional groups attached to an aromatic ring is 1. The minimum absolute atomic E-state index is 0.449. The lowest BCUT2D eigenvalue weighted by atomic mass is 10.2. The number of nitrogens with zero attached hydrogens (tertiary/aromatic N) is 2. The second-order valence-electron chi connectivity index (χ2n) is 4.13. The predicted molar refractivity (Wildman–Crippen MR) is 77.5 cm³/mol. The fraction of sp³-hybridized carbons (Fsp3) is 0.214. The van der Waals surface area contributed by atoms with Gasteiger partial charge in [-0.3, -0.25) is 0 Å². The van der Waals surface area contributed by atoms with Gasteiger partial charge < -0.3 is 10.6 Å². The number of hydrogen-bond acceptors (Lipinski definition) is 3. The van der Waals surface area contributed by atoms with Crippen molar-refractivity contribution in [1.29, 1.82) is 0 Å². The van der Waals surface area contributed by atoms with Crippen LogP contribution in [0.4, 0.5) is 17.2 Å². The highest BCUT2D eigenvalue weighted by Crippen LogP contribution is 2.29. The van der Waals surface area contributed by atoms with E-state index >= 15 is 0 Å². The summed E-state index contributed by atoms with van der Waals surface area (Å²) in [6, 6.07) is 11.7. The Labute approximate surface area is 112 Å². The zero-order chi connectivity index (χ0) is 13.1. The van der Waals surface area contributed by atoms with Gasteiger partial charge >= 0.3 is 0 Å². The average Bonchev–Trinajstić information content (AvgIpc) is 2.35. The molecular weight excluding hydrogens is 246 g/mol. The number of benzene rings is 1. The van der Waals surface area contributed by atoms with Crippen LogP contribution < -0.4 is 10.6 Å². The van der Waals surface area contributed by atoms with Gasteiger partial charge in [0.25, 0.3) is 0 Å². The van der Waals surface area contributed by atoms with Crippen molar-refractivity contribution in [3.05, 3.63) is 47.1 Å². The third kappa shape index (κ3) is 2.57. The van der Waals surface area contributed by atoms with Crippen molar-refractivity contribution in [3.8, 4) is 0 Å². The van der Waals surface area contributed by atoms with Crippen molar-refractivity contribution in [3.63, 3.8) is 0 Å². The molecule has 1 heterocycles. The van der Waals surface area contributed by atoms with Crippen molar-refractivity contribution in [2.45, 2.75) is 13.8 Å². The van der Waals surface area contributed by atoms with E-state index in [1.54, 1.807) is 12.1 Å². The highest BCUT2D eigenvalue weighted by atomic mass is 35.5. The van der Waals surface area contributed by atoms with E-state index in [1.807, 2.05) is 17.0 Å². The number of aromatic nitrogens is 1. The van der Waals surface area contributed by atoms with Crippen molar-refractivity contribution < 1.29 is 0 Å². The van der Waals surface area contributed by atoms with Crippen molar-refractivity contribution in [2.24, 2.45) is 0 Å². The summed E-state index contributed by atoms with van der Waals surface area (Å²) in [5.41, 5.74) is 8.88. The molecular formula is C14H16ClN3. The molecule has 0 radical (unpaired) electrons. The molecule has 0 unspecified atom stereocenters. The Morgan fingerprint density at radius 1 is 1.28 bits per heavy atom. The number of nitrogens with two attached hydrogens (primary N) is 1. The van der Waals surface area contributed by atoms with Gasteiger partial charge in [0, 0.05) is 12.2 Å². The van der Waals surface area contributed by atoms with Crippen LogP contribution in [0.15, 0.2) is 36.4 Å². The monoisotopic (exact) mass is 261 g/mol. The molecule has 0 bridgehead atoms. The van der Waals surface area contributed by atoms with Gasteiger partial charge in [0.15, 0.2) is 5.82 Å². The Hall–Kier alpha value is -1.74. The summed E-state index contributed by atoms with van der Waals surface area (Å²) in [4.78, 5) is 6.37. The Bertz CT molecular complexity index is 554. The molecule has 2 rings (SSSR count). The van der Waals surface area contributed by atoms with Gasteiger partial charge in [0.1, 0.15) is 5.15 Å². The number of anilines is 3. The largest absolute Gasteiger partial charge is 0.396 e. The molecule has 0 saturated heterocycles. The van der Waals surface area contributed by atoms with Crippen molar-refractivity contribution in [2.75, 3.05) is 17.2 Å². The summed E-state index contributed by atoms with van der Waals surface area (Å²) in [5.74, 6) is 0.704. The molecule has 94 valence electrons. The maximum Gasteiger partial charge on any atom is 0.157 e. The molecule has 3 nitrogen and oxygen atoms in total. The van der Waals surface area contributed by atoms with Gasteiger partial charge in [-0.1, -0.05) is 23.7 Å². The Morgan fingerprint density at radius 3 is 2.72 bits per heavy atom. The van der Waals surface area contributed by atoms with Crippen LogP contribution in [0.1, 0.15) is 12.5 Å². The quantitative estimate of drug-likeness (QED) is 0.855. The van der Waals surface area contributed by atoms with Gasteiger partial charge in [-0.25, -0.2) is 4.98 Å². The summed E-state index contributed by atoms with van der Waals surface area (Å²) in [5, 5.41) is 0.449. The first kappa shape index (κ1) is 12.7. The normalized spacial score (nSPS) is 10.4. The molecule has 1 aromatic heterocycles. The molecule has 2 N–H and O–H groups in total. The van der Waals surface area contributed by atoms with Crippen LogP contribution in [0.2, 0.25) is 5.15 Å². The van der Waals surface area contributed by atoms with Crippen LogP contribution in [0.3, 0.4) is 0 Å². The summed E-state index contributed by atoms with van der Waals surface area (Å²) in [6.07, 6.45) is 0. The number of halogens is 1. The number of aryl methyl sites for hydroxylation is 1. The van der Waals surface area contributed by atoms with Gasteiger partial charge in [-0.05, 0) is 43.7 Å². The SMILES string of the molecule is CCN(c1cccc(C)c1)c1nc(Cl)ccc1N. The van der Waals surface area contributed by atoms with Crippen LogP contribution in [0.5, 0.6) is 0 Å². The van der Waals surface area contributed by atoms with E-state index in [0.29, 0.717) is 16.7 Å². The molecule has 0 saturated carbocycles. The first-order valence-electron chi connectivity index (χ1n) is 5.88. The Kier molecular flexibility index (Phi) is 3.72. The lowest BCUT2D eigenvalue weighted by Crippen LogP contribution is -2.19. The molecule has 0 aliphatic heterocycles. The summed E-state index contributed by atoms with van der Waals surface area (Å²) >= 11 is 5.94. The van der Waals surface area contributed by atoms with E-state index in [0.717, 1.165) is 12.2 Å². The van der Waals surface area contributed by atoms with Crippen LogP contribution >= 0.6 is 11.6 Å². The molecule has 18 heavy (non-hydrogen) atoms. The molecule has 4 heteroatoms. The second kappa shape index (κ2) is 5.27. The zero-order valence-electron chi connectivity index (χ0n) is 10.5. The standard InChI is InChI=1S/C14H16ClN3/c1-3-18(11-6-4-5-10(2)9-11)14-12(16)7-8-13(15)17-14/h4-9H,3,16H2,1-2H3. The van der Waals surface area contributed by atoms with E-state index in [4.69, 9.17) is 17.3 Å². The molecule has 0 aliphatic carbocycles. The van der Waals surface area contributed by atoms with E-state index in [-0.39, 0.29) is 0 Å². The smallest absolute Gasteiger partial charge is 0.157 e. The number of hydrogen-bond donors (Lipinski definition) is 1. The predicted octanol–water partition coefficient (Wildman–Crippen LogP) is 3.78. The summed E-state index contributed by atoms with van der Waals surface area (Å²) < 4.78 is 0.